The smallest absolute Gasteiger partial charge is 0.336 e. The molecule has 7 heteroatoms. The lowest BCUT2D eigenvalue weighted by Crippen LogP contribution is -2.02. The molecule has 2 aromatic carbocycles. The van der Waals surface area contributed by atoms with Gasteiger partial charge in [-0.3, -0.25) is 0 Å². The van der Waals surface area contributed by atoms with E-state index >= 15 is 0 Å². The number of thioether (sulfide) groups is 1. The normalized spacial score (nSPS) is 11.6. The van der Waals surface area contributed by atoms with E-state index < -0.39 is 0 Å². The molecule has 3 heterocycles. The van der Waals surface area contributed by atoms with Gasteiger partial charge < -0.3 is 4.42 Å². The van der Waals surface area contributed by atoms with Gasteiger partial charge in [-0.25, -0.2) is 14.8 Å². The summed E-state index contributed by atoms with van der Waals surface area (Å²) < 4.78 is 7.14. The van der Waals surface area contributed by atoms with Gasteiger partial charge in [0.15, 0.2) is 10.8 Å². The zero-order valence-corrected chi connectivity index (χ0v) is 16.2. The highest BCUT2D eigenvalue weighted by atomic mass is 32.2. The van der Waals surface area contributed by atoms with Crippen molar-refractivity contribution in [3.63, 3.8) is 0 Å². The number of aromatic nitrogens is 4. The highest BCUT2D eigenvalue weighted by Gasteiger charge is 2.14. The maximum Gasteiger partial charge on any atom is 0.336 e. The fourth-order valence-electron chi connectivity index (χ4n) is 3.33. The molecule has 3 aromatic heterocycles. The lowest BCUT2D eigenvalue weighted by atomic mass is 10.1. The van der Waals surface area contributed by atoms with Gasteiger partial charge >= 0.3 is 5.63 Å². The highest BCUT2D eigenvalue weighted by Crippen LogP contribution is 2.28. The van der Waals surface area contributed by atoms with Gasteiger partial charge in [0.05, 0.1) is 5.52 Å². The molecule has 0 bridgehead atoms. The number of benzene rings is 2. The topological polar surface area (TPSA) is 73.3 Å². The number of hydrogen-bond donors (Lipinski definition) is 0. The van der Waals surface area contributed by atoms with E-state index in [9.17, 15) is 4.79 Å². The van der Waals surface area contributed by atoms with E-state index in [1.807, 2.05) is 56.3 Å². The second-order valence-electron chi connectivity index (χ2n) is 6.68. The number of nitrogens with zero attached hydrogens (tertiary/aromatic N) is 4. The van der Waals surface area contributed by atoms with E-state index in [0.29, 0.717) is 17.2 Å². The van der Waals surface area contributed by atoms with Crippen LogP contribution in [0.1, 0.15) is 17.0 Å². The minimum absolute atomic E-state index is 0.345. The molecule has 0 amide bonds. The molecule has 0 aliphatic rings. The van der Waals surface area contributed by atoms with Crippen molar-refractivity contribution in [2.24, 2.45) is 0 Å². The summed E-state index contributed by atoms with van der Waals surface area (Å²) in [5, 5.41) is 7.15. The van der Waals surface area contributed by atoms with Crippen molar-refractivity contribution in [3.05, 3.63) is 75.9 Å². The molecule has 0 saturated carbocycles. The van der Waals surface area contributed by atoms with Gasteiger partial charge in [0.2, 0.25) is 0 Å². The largest absolute Gasteiger partial charge is 0.423 e. The Labute approximate surface area is 164 Å². The molecule has 138 valence electrons. The van der Waals surface area contributed by atoms with E-state index in [2.05, 4.69) is 10.1 Å². The summed E-state index contributed by atoms with van der Waals surface area (Å²) in [6.07, 6.45) is 0. The van der Waals surface area contributed by atoms with Crippen LogP contribution in [0, 0.1) is 13.8 Å². The Hall–Kier alpha value is -3.19. The minimum atomic E-state index is -0.345. The Morgan fingerprint density at radius 2 is 1.89 bits per heavy atom. The SMILES string of the molecule is Cc1ccc2c(CSc3nc4ccccc4c4nc(C)nn34)cc(=O)oc2c1. The third-order valence-corrected chi connectivity index (χ3v) is 5.58. The molecular weight excluding hydrogens is 372 g/mol. The van der Waals surface area contributed by atoms with Gasteiger partial charge in [-0.1, -0.05) is 36.0 Å². The summed E-state index contributed by atoms with van der Waals surface area (Å²) in [4.78, 5) is 21.3. The predicted octanol–water partition coefficient (Wildman–Crippen LogP) is 4.29. The van der Waals surface area contributed by atoms with Crippen molar-refractivity contribution in [2.75, 3.05) is 0 Å². The molecule has 0 aliphatic heterocycles. The second-order valence-corrected chi connectivity index (χ2v) is 7.63. The Morgan fingerprint density at radius 1 is 1.04 bits per heavy atom. The van der Waals surface area contributed by atoms with Crippen LogP contribution in [-0.4, -0.2) is 19.6 Å². The molecule has 0 spiro atoms. The van der Waals surface area contributed by atoms with Gasteiger partial charge in [0.25, 0.3) is 0 Å². The van der Waals surface area contributed by atoms with Crippen LogP contribution in [0.15, 0.2) is 62.9 Å². The van der Waals surface area contributed by atoms with E-state index in [-0.39, 0.29) is 5.63 Å². The molecule has 0 saturated heterocycles. The third kappa shape index (κ3) is 2.84. The van der Waals surface area contributed by atoms with Crippen molar-refractivity contribution in [3.8, 4) is 0 Å². The molecule has 28 heavy (non-hydrogen) atoms. The fraction of sp³-hybridized carbons (Fsp3) is 0.143. The van der Waals surface area contributed by atoms with Gasteiger partial charge in [-0.2, -0.15) is 4.52 Å². The van der Waals surface area contributed by atoms with Crippen LogP contribution in [0.2, 0.25) is 0 Å². The van der Waals surface area contributed by atoms with Gasteiger partial charge in [-0.15, -0.1) is 5.10 Å². The Bertz CT molecular complexity index is 1420. The molecule has 0 unspecified atom stereocenters. The van der Waals surface area contributed by atoms with Gasteiger partial charge in [-0.05, 0) is 43.2 Å². The first-order chi connectivity index (χ1) is 13.6. The summed E-state index contributed by atoms with van der Waals surface area (Å²) in [6, 6.07) is 15.3. The summed E-state index contributed by atoms with van der Waals surface area (Å²) in [5.74, 6) is 1.27. The van der Waals surface area contributed by atoms with Gasteiger partial charge in [0, 0.05) is 22.6 Å². The quantitative estimate of drug-likeness (QED) is 0.261. The van der Waals surface area contributed by atoms with Crippen molar-refractivity contribution in [2.45, 2.75) is 24.8 Å². The van der Waals surface area contributed by atoms with E-state index in [4.69, 9.17) is 9.40 Å². The van der Waals surface area contributed by atoms with E-state index in [0.717, 1.165) is 38.2 Å². The molecular formula is C21H16N4O2S. The monoisotopic (exact) mass is 388 g/mol. The van der Waals surface area contributed by atoms with Gasteiger partial charge in [0.1, 0.15) is 11.4 Å². The molecule has 0 radical (unpaired) electrons. The lowest BCUT2D eigenvalue weighted by Gasteiger charge is -2.08. The van der Waals surface area contributed by atoms with Crippen LogP contribution in [0.5, 0.6) is 0 Å². The van der Waals surface area contributed by atoms with Crippen molar-refractivity contribution < 1.29 is 4.42 Å². The zero-order chi connectivity index (χ0) is 19.3. The van der Waals surface area contributed by atoms with Crippen molar-refractivity contribution >= 4 is 39.3 Å². The second kappa shape index (κ2) is 6.45. The number of fused-ring (bicyclic) bond motifs is 4. The molecule has 0 fully saturated rings. The zero-order valence-electron chi connectivity index (χ0n) is 15.3. The van der Waals surface area contributed by atoms with Crippen LogP contribution >= 0.6 is 11.8 Å². The van der Waals surface area contributed by atoms with E-state index in [1.165, 1.54) is 11.8 Å². The summed E-state index contributed by atoms with van der Waals surface area (Å²) in [7, 11) is 0. The third-order valence-electron chi connectivity index (χ3n) is 4.60. The molecule has 5 rings (SSSR count). The first-order valence-corrected chi connectivity index (χ1v) is 9.85. The Kier molecular flexibility index (Phi) is 3.91. The van der Waals surface area contributed by atoms with Crippen LogP contribution in [-0.2, 0) is 5.75 Å². The number of rotatable bonds is 3. The van der Waals surface area contributed by atoms with E-state index in [1.54, 1.807) is 10.6 Å². The number of para-hydroxylation sites is 1. The van der Waals surface area contributed by atoms with Crippen LogP contribution in [0.25, 0.3) is 27.5 Å². The highest BCUT2D eigenvalue weighted by molar-refractivity contribution is 7.98. The maximum atomic E-state index is 12.0. The summed E-state index contributed by atoms with van der Waals surface area (Å²) >= 11 is 1.53. The summed E-state index contributed by atoms with van der Waals surface area (Å²) in [6.45, 7) is 3.85. The number of hydrogen-bond acceptors (Lipinski definition) is 6. The fourth-order valence-corrected chi connectivity index (χ4v) is 4.26. The molecule has 0 atom stereocenters. The Balaban J connectivity index is 1.61. The minimum Gasteiger partial charge on any atom is -0.423 e. The van der Waals surface area contributed by atoms with Crippen molar-refractivity contribution in [1.29, 1.82) is 0 Å². The Morgan fingerprint density at radius 3 is 2.79 bits per heavy atom. The summed E-state index contributed by atoms with van der Waals surface area (Å²) in [5.41, 5.74) is 3.89. The first kappa shape index (κ1) is 16.9. The lowest BCUT2D eigenvalue weighted by molar-refractivity contribution is 0.559. The molecule has 5 aromatic rings. The van der Waals surface area contributed by atoms with Crippen LogP contribution < -0.4 is 5.63 Å². The molecule has 0 N–H and O–H groups in total. The predicted molar refractivity (Wildman–Crippen MR) is 110 cm³/mol. The molecule has 6 nitrogen and oxygen atoms in total. The standard InChI is InChI=1S/C21H16N4O2S/c1-12-7-8-15-14(10-19(26)27-18(15)9-12)11-28-21-23-17-6-4-3-5-16(17)20-22-13(2)24-25(20)21/h3-10H,11H2,1-2H3. The molecule has 0 aliphatic carbocycles. The average molecular weight is 388 g/mol. The maximum absolute atomic E-state index is 12.0. The first-order valence-electron chi connectivity index (χ1n) is 8.87. The van der Waals surface area contributed by atoms with Crippen molar-refractivity contribution in [1.82, 2.24) is 19.6 Å². The average Bonchev–Trinajstić information content (AvgIpc) is 3.07. The van der Waals surface area contributed by atoms with Crippen LogP contribution in [0.4, 0.5) is 0 Å². The number of aryl methyl sites for hydroxylation is 2. The van der Waals surface area contributed by atoms with Crippen LogP contribution in [0.3, 0.4) is 0 Å².